The molecule has 1 fully saturated rings. The average molecular weight is 384 g/mol. The molecule has 1 aliphatic rings. The molecule has 0 amide bonds. The molecule has 1 saturated carbocycles. The lowest BCUT2D eigenvalue weighted by molar-refractivity contribution is 0.288. The smallest absolute Gasteiger partial charge is 0.213 e. The van der Waals surface area contributed by atoms with Gasteiger partial charge in [0.2, 0.25) is 5.88 Å². The van der Waals surface area contributed by atoms with E-state index in [1.54, 1.807) is 20.4 Å². The summed E-state index contributed by atoms with van der Waals surface area (Å²) in [7, 11) is 3.26. The lowest BCUT2D eigenvalue weighted by Crippen LogP contribution is -2.33. The maximum atomic E-state index is 5.98. The van der Waals surface area contributed by atoms with Crippen molar-refractivity contribution in [3.05, 3.63) is 47.7 Å². The molecule has 0 aliphatic heterocycles. The van der Waals surface area contributed by atoms with E-state index in [1.807, 2.05) is 30.3 Å². The number of pyridine rings is 1. The molecule has 0 radical (unpaired) electrons. The molecule has 0 atom stereocenters. The van der Waals surface area contributed by atoms with Gasteiger partial charge in [0, 0.05) is 18.8 Å². The Bertz CT molecular complexity index is 806. The van der Waals surface area contributed by atoms with E-state index in [0.717, 1.165) is 35.7 Å². The second-order valence-corrected chi connectivity index (χ2v) is 6.82. The number of guanidine groups is 1. The second-order valence-electron chi connectivity index (χ2n) is 6.82. The number of rotatable bonds is 10. The summed E-state index contributed by atoms with van der Waals surface area (Å²) in [5, 5.41) is 3.14. The summed E-state index contributed by atoms with van der Waals surface area (Å²) in [6.07, 6.45) is 5.06. The van der Waals surface area contributed by atoms with E-state index in [2.05, 4.69) is 15.3 Å². The number of benzene rings is 1. The molecular formula is C21H28N4O3. The minimum Gasteiger partial charge on any atom is -0.493 e. The van der Waals surface area contributed by atoms with Gasteiger partial charge in [-0.2, -0.15) is 0 Å². The van der Waals surface area contributed by atoms with Crippen molar-refractivity contribution in [3.63, 3.8) is 0 Å². The fourth-order valence-corrected chi connectivity index (χ4v) is 2.72. The molecule has 3 N–H and O–H groups in total. The van der Waals surface area contributed by atoms with E-state index in [-0.39, 0.29) is 0 Å². The molecule has 1 aromatic heterocycles. The van der Waals surface area contributed by atoms with E-state index in [9.17, 15) is 0 Å². The average Bonchev–Trinajstić information content (AvgIpc) is 3.55. The number of ether oxygens (including phenoxy) is 3. The van der Waals surface area contributed by atoms with Gasteiger partial charge in [0.15, 0.2) is 17.5 Å². The van der Waals surface area contributed by atoms with Gasteiger partial charge in [0.05, 0.1) is 27.4 Å². The highest BCUT2D eigenvalue weighted by atomic mass is 16.5. The van der Waals surface area contributed by atoms with Crippen LogP contribution >= 0.6 is 0 Å². The van der Waals surface area contributed by atoms with Crippen molar-refractivity contribution in [1.29, 1.82) is 0 Å². The number of nitrogens with one attached hydrogen (secondary N) is 1. The van der Waals surface area contributed by atoms with Gasteiger partial charge in [-0.15, -0.1) is 0 Å². The Labute approximate surface area is 165 Å². The van der Waals surface area contributed by atoms with Crippen LogP contribution < -0.4 is 25.3 Å². The fourth-order valence-electron chi connectivity index (χ4n) is 2.72. The zero-order valence-electron chi connectivity index (χ0n) is 16.5. The van der Waals surface area contributed by atoms with E-state index in [0.29, 0.717) is 30.8 Å². The molecule has 0 unspecified atom stereocenters. The summed E-state index contributed by atoms with van der Waals surface area (Å²) in [6.45, 7) is 1.91. The van der Waals surface area contributed by atoms with Crippen LogP contribution in [0.5, 0.6) is 17.4 Å². The number of hydrogen-bond acceptors (Lipinski definition) is 5. The molecule has 0 spiro atoms. The van der Waals surface area contributed by atoms with Gasteiger partial charge in [-0.3, -0.25) is 0 Å². The minimum absolute atomic E-state index is 0.415. The Morgan fingerprint density at radius 2 is 1.96 bits per heavy atom. The number of methoxy groups -OCH3 is 2. The van der Waals surface area contributed by atoms with Gasteiger partial charge < -0.3 is 25.3 Å². The van der Waals surface area contributed by atoms with Crippen molar-refractivity contribution in [2.24, 2.45) is 16.6 Å². The highest BCUT2D eigenvalue weighted by Gasteiger charge is 2.22. The number of aromatic nitrogens is 1. The van der Waals surface area contributed by atoms with Gasteiger partial charge in [-0.25, -0.2) is 9.98 Å². The highest BCUT2D eigenvalue weighted by Crippen LogP contribution is 2.29. The minimum atomic E-state index is 0.415. The first kappa shape index (κ1) is 19.8. The Morgan fingerprint density at radius 1 is 1.14 bits per heavy atom. The topological polar surface area (TPSA) is 91.0 Å². The van der Waals surface area contributed by atoms with Crippen molar-refractivity contribution < 1.29 is 14.2 Å². The Balaban J connectivity index is 1.45. The van der Waals surface area contributed by atoms with E-state index in [1.165, 1.54) is 12.8 Å². The van der Waals surface area contributed by atoms with Crippen LogP contribution in [0, 0.1) is 5.92 Å². The van der Waals surface area contributed by atoms with Crippen LogP contribution in [-0.4, -0.2) is 38.3 Å². The van der Waals surface area contributed by atoms with E-state index >= 15 is 0 Å². The van der Waals surface area contributed by atoms with Crippen molar-refractivity contribution in [2.45, 2.75) is 25.8 Å². The zero-order valence-corrected chi connectivity index (χ0v) is 16.5. The monoisotopic (exact) mass is 384 g/mol. The Hall–Kier alpha value is -2.96. The lowest BCUT2D eigenvalue weighted by Gasteiger charge is -2.10. The second kappa shape index (κ2) is 9.82. The predicted octanol–water partition coefficient (Wildman–Crippen LogP) is 2.53. The van der Waals surface area contributed by atoms with Crippen molar-refractivity contribution in [3.8, 4) is 17.4 Å². The molecule has 1 heterocycles. The normalized spacial score (nSPS) is 13.9. The molecule has 28 heavy (non-hydrogen) atoms. The number of nitrogens with zero attached hydrogens (tertiary/aromatic N) is 2. The predicted molar refractivity (Wildman–Crippen MR) is 109 cm³/mol. The van der Waals surface area contributed by atoms with Gasteiger partial charge in [-0.1, -0.05) is 6.07 Å². The Morgan fingerprint density at radius 3 is 2.71 bits per heavy atom. The first-order valence-electron chi connectivity index (χ1n) is 9.50. The molecular weight excluding hydrogens is 356 g/mol. The van der Waals surface area contributed by atoms with Gasteiger partial charge in [-0.05, 0) is 54.5 Å². The molecule has 3 rings (SSSR count). The summed E-state index contributed by atoms with van der Waals surface area (Å²) in [5.41, 5.74) is 8.13. The summed E-state index contributed by atoms with van der Waals surface area (Å²) in [4.78, 5) is 8.63. The zero-order chi connectivity index (χ0) is 19.8. The number of nitrogens with two attached hydrogens (primary N) is 1. The largest absolute Gasteiger partial charge is 0.493 e. The first-order chi connectivity index (χ1) is 13.7. The molecule has 1 aliphatic carbocycles. The van der Waals surface area contributed by atoms with Crippen molar-refractivity contribution in [1.82, 2.24) is 10.3 Å². The highest BCUT2D eigenvalue weighted by molar-refractivity contribution is 5.77. The molecule has 0 bridgehead atoms. The first-order valence-corrected chi connectivity index (χ1v) is 9.50. The van der Waals surface area contributed by atoms with Crippen LogP contribution in [0.1, 0.15) is 24.0 Å². The molecule has 1 aromatic carbocycles. The molecule has 7 heteroatoms. The fraction of sp³-hybridized carbons (Fsp3) is 0.429. The molecule has 2 aromatic rings. The van der Waals surface area contributed by atoms with Crippen LogP contribution in [0.2, 0.25) is 0 Å². The number of hydrogen-bond donors (Lipinski definition) is 2. The summed E-state index contributed by atoms with van der Waals surface area (Å²) < 4.78 is 16.3. The summed E-state index contributed by atoms with van der Waals surface area (Å²) in [6, 6.07) is 9.72. The van der Waals surface area contributed by atoms with Gasteiger partial charge in [0.25, 0.3) is 0 Å². The van der Waals surface area contributed by atoms with Crippen LogP contribution in [0.3, 0.4) is 0 Å². The third kappa shape index (κ3) is 6.04. The van der Waals surface area contributed by atoms with Gasteiger partial charge >= 0.3 is 0 Å². The quantitative estimate of drug-likeness (QED) is 0.483. The maximum absolute atomic E-state index is 5.98. The Kier molecular flexibility index (Phi) is 6.94. The van der Waals surface area contributed by atoms with Crippen molar-refractivity contribution >= 4 is 5.96 Å². The lowest BCUT2D eigenvalue weighted by atomic mass is 10.1. The van der Waals surface area contributed by atoms with E-state index < -0.39 is 0 Å². The maximum Gasteiger partial charge on any atom is 0.213 e. The molecule has 7 nitrogen and oxygen atoms in total. The number of aliphatic imine (C=N–C) groups is 1. The van der Waals surface area contributed by atoms with Crippen molar-refractivity contribution in [2.75, 3.05) is 27.4 Å². The standard InChI is InChI=1S/C21H28N4O3/c1-26-18-6-5-15(11-19(18)27-2)7-10-24-21(22)25-13-17-8-9-23-20(12-17)28-14-16-3-4-16/h5-6,8-9,11-12,16H,3-4,7,10,13-14H2,1-2H3,(H3,22,24,25). The van der Waals surface area contributed by atoms with Crippen LogP contribution in [0.15, 0.2) is 41.5 Å². The summed E-state index contributed by atoms with van der Waals surface area (Å²) in [5.74, 6) is 3.21. The third-order valence-corrected chi connectivity index (χ3v) is 4.56. The molecule has 0 saturated heterocycles. The van der Waals surface area contributed by atoms with Crippen LogP contribution in [0.4, 0.5) is 0 Å². The van der Waals surface area contributed by atoms with Gasteiger partial charge in [0.1, 0.15) is 0 Å². The third-order valence-electron chi connectivity index (χ3n) is 4.56. The molecule has 150 valence electrons. The van der Waals surface area contributed by atoms with Crippen LogP contribution in [-0.2, 0) is 13.0 Å². The summed E-state index contributed by atoms with van der Waals surface area (Å²) >= 11 is 0. The van der Waals surface area contributed by atoms with Crippen LogP contribution in [0.25, 0.3) is 0 Å². The SMILES string of the molecule is COc1ccc(CCNC(N)=NCc2ccnc(OCC3CC3)c2)cc1OC. The van der Waals surface area contributed by atoms with E-state index in [4.69, 9.17) is 19.9 Å².